The first-order chi connectivity index (χ1) is 26.8. The molecule has 0 fully saturated rings. The molecule has 6 aromatic carbocycles. The number of allylic oxidation sites excluding steroid dienone is 1. The van der Waals surface area contributed by atoms with E-state index in [1.54, 1.807) is 0 Å². The van der Waals surface area contributed by atoms with Crippen LogP contribution in [-0.4, -0.2) is 24.5 Å². The smallest absolute Gasteiger partial charge is 0.0970 e. The zero-order valence-corrected chi connectivity index (χ0v) is 29.0. The Morgan fingerprint density at radius 1 is 0.444 bits per heavy atom. The topological polar surface area (TPSA) is 56.5 Å². The lowest BCUT2D eigenvalue weighted by molar-refractivity contribution is 1.18. The normalized spacial score (nSPS) is 12.7. The van der Waals surface area contributed by atoms with Crippen LogP contribution >= 0.6 is 0 Å². The number of para-hydroxylation sites is 1. The SMILES string of the molecule is C1=Cc2cccc3cc4c(c(c23)C1)c1ccccc1n4-c1cc(-c2cc3cccnc3c3ncccc23)cc(-c2cc3cccnc3c3ncccc23)c1. The zero-order valence-electron chi connectivity index (χ0n) is 29.0. The van der Waals surface area contributed by atoms with E-state index in [1.165, 1.54) is 43.7 Å². The molecule has 1 aliphatic carbocycles. The summed E-state index contributed by atoms with van der Waals surface area (Å²) in [5, 5.41) is 9.46. The van der Waals surface area contributed by atoms with Crippen LogP contribution in [0.2, 0.25) is 0 Å². The third-order valence-electron chi connectivity index (χ3n) is 11.3. The lowest BCUT2D eigenvalue weighted by Crippen LogP contribution is -1.99. The zero-order chi connectivity index (χ0) is 35.3. The number of fused-ring (bicyclic) bond motifs is 10. The Hall–Kier alpha value is -7.24. The first-order valence-electron chi connectivity index (χ1n) is 18.3. The van der Waals surface area contributed by atoms with Gasteiger partial charge in [0.25, 0.3) is 0 Å². The summed E-state index contributed by atoms with van der Waals surface area (Å²) in [6.45, 7) is 0. The Bertz CT molecular complexity index is 3290. The highest BCUT2D eigenvalue weighted by atomic mass is 15.0. The van der Waals surface area contributed by atoms with Crippen LogP contribution in [0, 0.1) is 0 Å². The van der Waals surface area contributed by atoms with Gasteiger partial charge in [0.2, 0.25) is 0 Å². The molecule has 5 heterocycles. The summed E-state index contributed by atoms with van der Waals surface area (Å²) in [4.78, 5) is 19.3. The van der Waals surface area contributed by atoms with Crippen LogP contribution in [0.4, 0.5) is 0 Å². The van der Waals surface area contributed by atoms with E-state index in [-0.39, 0.29) is 0 Å². The molecule has 1 aliphatic rings. The van der Waals surface area contributed by atoms with Gasteiger partial charge in [-0.2, -0.15) is 0 Å². The van der Waals surface area contributed by atoms with Gasteiger partial charge in [0, 0.05) is 62.8 Å². The highest BCUT2D eigenvalue weighted by Crippen LogP contribution is 2.44. The Labute approximate surface area is 309 Å². The second-order valence-corrected chi connectivity index (χ2v) is 14.2. The molecule has 5 aromatic heterocycles. The summed E-state index contributed by atoms with van der Waals surface area (Å²) in [7, 11) is 0. The van der Waals surface area contributed by atoms with Crippen LogP contribution in [0.15, 0.2) is 158 Å². The number of hydrogen-bond donors (Lipinski definition) is 0. The molecule has 5 heteroatoms. The van der Waals surface area contributed by atoms with Crippen molar-refractivity contribution in [2.45, 2.75) is 6.42 Å². The van der Waals surface area contributed by atoms with Gasteiger partial charge in [-0.15, -0.1) is 0 Å². The molecule has 0 saturated heterocycles. The lowest BCUT2D eigenvalue weighted by atomic mass is 9.89. The predicted octanol–water partition coefficient (Wildman–Crippen LogP) is 12.0. The van der Waals surface area contributed by atoms with E-state index in [1.807, 2.05) is 49.1 Å². The average Bonchev–Trinajstić information content (AvgIpc) is 3.57. The fraction of sp³-hybridized carbons (Fsp3) is 0.0204. The molecule has 5 nitrogen and oxygen atoms in total. The van der Waals surface area contributed by atoms with Gasteiger partial charge in [0.15, 0.2) is 0 Å². The fourth-order valence-corrected chi connectivity index (χ4v) is 9.05. The van der Waals surface area contributed by atoms with Gasteiger partial charge < -0.3 is 4.57 Å². The van der Waals surface area contributed by atoms with Gasteiger partial charge in [0.1, 0.15) is 0 Å². The monoisotopic (exact) mass is 687 g/mol. The molecule has 0 radical (unpaired) electrons. The quantitative estimate of drug-likeness (QED) is 0.174. The van der Waals surface area contributed by atoms with E-state index in [2.05, 4.69) is 120 Å². The lowest BCUT2D eigenvalue weighted by Gasteiger charge is -2.18. The number of benzene rings is 6. The van der Waals surface area contributed by atoms with Crippen molar-refractivity contribution in [3.63, 3.8) is 0 Å². The van der Waals surface area contributed by atoms with Crippen molar-refractivity contribution in [3.05, 3.63) is 169 Å². The first-order valence-corrected chi connectivity index (χ1v) is 18.3. The highest BCUT2D eigenvalue weighted by Gasteiger charge is 2.22. The Morgan fingerprint density at radius 3 is 1.72 bits per heavy atom. The van der Waals surface area contributed by atoms with Crippen LogP contribution in [0.3, 0.4) is 0 Å². The summed E-state index contributed by atoms with van der Waals surface area (Å²) < 4.78 is 2.48. The molecule has 12 rings (SSSR count). The second-order valence-electron chi connectivity index (χ2n) is 14.2. The molecule has 0 bridgehead atoms. The molecule has 0 amide bonds. The van der Waals surface area contributed by atoms with E-state index >= 15 is 0 Å². The van der Waals surface area contributed by atoms with Crippen molar-refractivity contribution >= 4 is 82.3 Å². The maximum Gasteiger partial charge on any atom is 0.0970 e. The average molecular weight is 688 g/mol. The second kappa shape index (κ2) is 11.1. The van der Waals surface area contributed by atoms with Gasteiger partial charge >= 0.3 is 0 Å². The highest BCUT2D eigenvalue weighted by molar-refractivity contribution is 6.18. The van der Waals surface area contributed by atoms with Crippen LogP contribution in [0.5, 0.6) is 0 Å². The minimum absolute atomic E-state index is 0.898. The van der Waals surface area contributed by atoms with Gasteiger partial charge in [-0.1, -0.05) is 72.8 Å². The standard InChI is InChI=1S/C49H29N5/c1-2-18-42-38(14-1)45-39-15-4-10-29-9-3-11-30(44(29)39)28-43(45)54(42)35-24-33(40-26-31-12-5-19-50-46(31)48-36(40)16-7-21-52-48)23-34(25-35)41-27-32-13-6-20-51-47(32)49-37(41)17-8-22-53-49/h1-14,16-28H,15H2. The summed E-state index contributed by atoms with van der Waals surface area (Å²) in [5.74, 6) is 0. The third kappa shape index (κ3) is 4.15. The van der Waals surface area contributed by atoms with E-state index in [4.69, 9.17) is 19.9 Å². The summed E-state index contributed by atoms with van der Waals surface area (Å²) in [6, 6.07) is 46.2. The van der Waals surface area contributed by atoms with Crippen LogP contribution in [-0.2, 0) is 6.42 Å². The number of nitrogens with zero attached hydrogens (tertiary/aromatic N) is 5. The number of aromatic nitrogens is 5. The molecular weight excluding hydrogens is 659 g/mol. The molecule has 0 saturated carbocycles. The van der Waals surface area contributed by atoms with Crippen LogP contribution in [0.25, 0.3) is 110 Å². The van der Waals surface area contributed by atoms with E-state index in [0.717, 1.165) is 78.0 Å². The van der Waals surface area contributed by atoms with E-state index < -0.39 is 0 Å². The minimum Gasteiger partial charge on any atom is -0.309 e. The van der Waals surface area contributed by atoms with Crippen molar-refractivity contribution in [2.24, 2.45) is 0 Å². The third-order valence-corrected chi connectivity index (χ3v) is 11.3. The summed E-state index contributed by atoms with van der Waals surface area (Å²) >= 11 is 0. The van der Waals surface area contributed by atoms with E-state index in [0.29, 0.717) is 0 Å². The molecule has 0 atom stereocenters. The number of pyridine rings is 4. The van der Waals surface area contributed by atoms with Crippen molar-refractivity contribution in [1.29, 1.82) is 0 Å². The summed E-state index contributed by atoms with van der Waals surface area (Å²) in [6.07, 6.45) is 12.9. The molecule has 0 N–H and O–H groups in total. The maximum absolute atomic E-state index is 4.88. The maximum atomic E-state index is 4.88. The van der Waals surface area contributed by atoms with Crippen LogP contribution in [0.1, 0.15) is 11.1 Å². The predicted molar refractivity (Wildman–Crippen MR) is 223 cm³/mol. The van der Waals surface area contributed by atoms with Crippen molar-refractivity contribution < 1.29 is 0 Å². The summed E-state index contributed by atoms with van der Waals surface area (Å²) in [5.41, 5.74) is 14.2. The molecule has 0 spiro atoms. The van der Waals surface area contributed by atoms with E-state index in [9.17, 15) is 0 Å². The minimum atomic E-state index is 0.898. The molecule has 54 heavy (non-hydrogen) atoms. The fourth-order valence-electron chi connectivity index (χ4n) is 9.05. The van der Waals surface area contributed by atoms with Crippen molar-refractivity contribution in [3.8, 4) is 27.9 Å². The number of hydrogen-bond acceptors (Lipinski definition) is 4. The Morgan fingerprint density at radius 2 is 1.04 bits per heavy atom. The number of rotatable bonds is 3. The van der Waals surface area contributed by atoms with Gasteiger partial charge in [-0.05, 0) is 117 Å². The Balaban J connectivity index is 1.24. The molecule has 0 aliphatic heterocycles. The molecule has 0 unspecified atom stereocenters. The van der Waals surface area contributed by atoms with Crippen molar-refractivity contribution in [2.75, 3.05) is 0 Å². The van der Waals surface area contributed by atoms with Gasteiger partial charge in [0.05, 0.1) is 33.1 Å². The molecular formula is C49H29N5. The van der Waals surface area contributed by atoms with Crippen LogP contribution < -0.4 is 0 Å². The largest absolute Gasteiger partial charge is 0.309 e. The first kappa shape index (κ1) is 29.3. The van der Waals surface area contributed by atoms with Crippen molar-refractivity contribution in [1.82, 2.24) is 24.5 Å². The van der Waals surface area contributed by atoms with Gasteiger partial charge in [-0.3, -0.25) is 19.9 Å². The molecule has 11 aromatic rings. The molecule has 250 valence electrons. The van der Waals surface area contributed by atoms with Gasteiger partial charge in [-0.25, -0.2) is 0 Å². The Kier molecular flexibility index (Phi) is 6.05.